The molecule has 0 spiro atoms. The van der Waals surface area contributed by atoms with Gasteiger partial charge in [-0.1, -0.05) is 40.2 Å². The van der Waals surface area contributed by atoms with E-state index in [1.54, 1.807) is 0 Å². The predicted molar refractivity (Wildman–Crippen MR) is 106 cm³/mol. The van der Waals surface area contributed by atoms with Crippen molar-refractivity contribution >= 4 is 33.4 Å². The molecule has 2 rings (SSSR count). The number of carbonyl (C=O) groups excluding carboxylic acids is 2. The highest BCUT2D eigenvalue weighted by atomic mass is 79.9. The number of halogens is 1. The van der Waals surface area contributed by atoms with Gasteiger partial charge in [-0.05, 0) is 49.6 Å². The molecule has 138 valence electrons. The van der Waals surface area contributed by atoms with Crippen LogP contribution in [0.3, 0.4) is 0 Å². The first kappa shape index (κ1) is 20.0. The molecule has 0 saturated heterocycles. The van der Waals surface area contributed by atoms with Gasteiger partial charge in [0.05, 0.1) is 13.2 Å². The number of aryl methyl sites for hydroxylation is 2. The van der Waals surface area contributed by atoms with Crippen LogP contribution in [-0.2, 0) is 9.59 Å². The second kappa shape index (κ2) is 9.97. The molecule has 26 heavy (non-hydrogen) atoms. The van der Waals surface area contributed by atoms with Crippen LogP contribution in [0, 0.1) is 13.8 Å². The van der Waals surface area contributed by atoms with E-state index in [-0.39, 0.29) is 18.4 Å². The zero-order valence-electron chi connectivity index (χ0n) is 15.0. The standard InChI is InChI=1S/C20H23BrN2O3/c1-14-6-3-7-15(2)20(14)23-19(25)13-22-18(24)10-5-11-26-17-9-4-8-16(21)12-17/h3-4,6-9,12H,5,10-11,13H2,1-2H3,(H,22,24)(H,23,25). The number of anilines is 1. The van der Waals surface area contributed by atoms with Crippen LogP contribution in [0.25, 0.3) is 0 Å². The minimum absolute atomic E-state index is 0.0426. The topological polar surface area (TPSA) is 67.4 Å². The van der Waals surface area contributed by atoms with Crippen molar-refractivity contribution in [3.05, 3.63) is 58.1 Å². The molecule has 0 fully saturated rings. The lowest BCUT2D eigenvalue weighted by atomic mass is 10.1. The number of rotatable bonds is 8. The Morgan fingerprint density at radius 2 is 1.73 bits per heavy atom. The summed E-state index contributed by atoms with van der Waals surface area (Å²) in [7, 11) is 0. The quantitative estimate of drug-likeness (QED) is 0.637. The highest BCUT2D eigenvalue weighted by Crippen LogP contribution is 2.19. The summed E-state index contributed by atoms with van der Waals surface area (Å²) in [6.07, 6.45) is 0.890. The number of carbonyl (C=O) groups is 2. The summed E-state index contributed by atoms with van der Waals surface area (Å²) in [6, 6.07) is 13.4. The van der Waals surface area contributed by atoms with Crippen molar-refractivity contribution in [1.82, 2.24) is 5.32 Å². The molecule has 2 aromatic rings. The van der Waals surface area contributed by atoms with Crippen molar-refractivity contribution in [3.63, 3.8) is 0 Å². The molecule has 0 radical (unpaired) electrons. The van der Waals surface area contributed by atoms with Crippen LogP contribution < -0.4 is 15.4 Å². The Balaban J connectivity index is 1.66. The fourth-order valence-electron chi connectivity index (χ4n) is 2.44. The number of hydrogen-bond acceptors (Lipinski definition) is 3. The third kappa shape index (κ3) is 6.52. The van der Waals surface area contributed by atoms with E-state index in [1.165, 1.54) is 0 Å². The SMILES string of the molecule is Cc1cccc(C)c1NC(=O)CNC(=O)CCCOc1cccc(Br)c1. The Morgan fingerprint density at radius 1 is 1.04 bits per heavy atom. The molecule has 0 bridgehead atoms. The molecule has 0 atom stereocenters. The van der Waals surface area contributed by atoms with Gasteiger partial charge in [-0.25, -0.2) is 0 Å². The Morgan fingerprint density at radius 3 is 2.42 bits per heavy atom. The molecule has 0 aliphatic heterocycles. The van der Waals surface area contributed by atoms with Crippen LogP contribution in [0.4, 0.5) is 5.69 Å². The largest absolute Gasteiger partial charge is 0.494 e. The fourth-order valence-corrected chi connectivity index (χ4v) is 2.82. The van der Waals surface area contributed by atoms with Crippen molar-refractivity contribution in [2.24, 2.45) is 0 Å². The van der Waals surface area contributed by atoms with E-state index in [4.69, 9.17) is 4.74 Å². The molecular weight excluding hydrogens is 396 g/mol. The van der Waals surface area contributed by atoms with Crippen LogP contribution in [-0.4, -0.2) is 25.0 Å². The summed E-state index contributed by atoms with van der Waals surface area (Å²) < 4.78 is 6.53. The first-order valence-electron chi connectivity index (χ1n) is 8.47. The summed E-state index contributed by atoms with van der Waals surface area (Å²) in [5, 5.41) is 5.48. The molecule has 0 saturated carbocycles. The van der Waals surface area contributed by atoms with Gasteiger partial charge in [0.15, 0.2) is 0 Å². The van der Waals surface area contributed by atoms with Crippen molar-refractivity contribution in [3.8, 4) is 5.75 Å². The highest BCUT2D eigenvalue weighted by Gasteiger charge is 2.09. The molecule has 0 heterocycles. The maximum absolute atomic E-state index is 12.0. The molecule has 2 amide bonds. The number of hydrogen-bond donors (Lipinski definition) is 2. The van der Waals surface area contributed by atoms with E-state index in [9.17, 15) is 9.59 Å². The van der Waals surface area contributed by atoms with Gasteiger partial charge in [-0.3, -0.25) is 9.59 Å². The van der Waals surface area contributed by atoms with Crippen LogP contribution in [0.1, 0.15) is 24.0 Å². The summed E-state index contributed by atoms with van der Waals surface area (Å²) in [6.45, 7) is 4.27. The minimum Gasteiger partial charge on any atom is -0.494 e. The lowest BCUT2D eigenvalue weighted by Gasteiger charge is -2.12. The zero-order chi connectivity index (χ0) is 18.9. The maximum Gasteiger partial charge on any atom is 0.243 e. The van der Waals surface area contributed by atoms with Gasteiger partial charge in [-0.15, -0.1) is 0 Å². The normalized spacial score (nSPS) is 10.3. The number of amides is 2. The van der Waals surface area contributed by atoms with E-state index in [0.717, 1.165) is 27.0 Å². The van der Waals surface area contributed by atoms with E-state index < -0.39 is 0 Å². The summed E-state index contributed by atoms with van der Waals surface area (Å²) in [4.78, 5) is 23.9. The predicted octanol–water partition coefficient (Wildman–Crippen LogP) is 3.98. The van der Waals surface area contributed by atoms with E-state index >= 15 is 0 Å². The molecule has 0 aliphatic carbocycles. The number of benzene rings is 2. The monoisotopic (exact) mass is 418 g/mol. The van der Waals surface area contributed by atoms with Gasteiger partial charge in [0, 0.05) is 16.6 Å². The highest BCUT2D eigenvalue weighted by molar-refractivity contribution is 9.10. The molecule has 0 aromatic heterocycles. The third-order valence-corrected chi connectivity index (χ3v) is 4.30. The Labute approximate surface area is 162 Å². The molecule has 0 aliphatic rings. The summed E-state index contributed by atoms with van der Waals surface area (Å²) in [5.74, 6) is 0.355. The minimum atomic E-state index is -0.235. The smallest absolute Gasteiger partial charge is 0.243 e. The second-order valence-corrected chi connectivity index (χ2v) is 6.92. The number of ether oxygens (including phenoxy) is 1. The average Bonchev–Trinajstić information content (AvgIpc) is 2.60. The van der Waals surface area contributed by atoms with Gasteiger partial charge in [-0.2, -0.15) is 0 Å². The van der Waals surface area contributed by atoms with Crippen molar-refractivity contribution in [2.45, 2.75) is 26.7 Å². The first-order chi connectivity index (χ1) is 12.5. The number of para-hydroxylation sites is 1. The Kier molecular flexibility index (Phi) is 7.66. The molecular formula is C20H23BrN2O3. The van der Waals surface area contributed by atoms with Crippen molar-refractivity contribution in [2.75, 3.05) is 18.5 Å². The molecule has 2 aromatic carbocycles. The second-order valence-electron chi connectivity index (χ2n) is 6.00. The van der Waals surface area contributed by atoms with Crippen molar-refractivity contribution in [1.29, 1.82) is 0 Å². The van der Waals surface area contributed by atoms with Gasteiger partial charge < -0.3 is 15.4 Å². The van der Waals surface area contributed by atoms with E-state index in [1.807, 2.05) is 56.3 Å². The zero-order valence-corrected chi connectivity index (χ0v) is 16.6. The molecule has 0 unspecified atom stereocenters. The van der Waals surface area contributed by atoms with Crippen LogP contribution in [0.15, 0.2) is 46.9 Å². The first-order valence-corrected chi connectivity index (χ1v) is 9.26. The average molecular weight is 419 g/mol. The van der Waals surface area contributed by atoms with E-state index in [0.29, 0.717) is 19.4 Å². The van der Waals surface area contributed by atoms with Crippen molar-refractivity contribution < 1.29 is 14.3 Å². The fraction of sp³-hybridized carbons (Fsp3) is 0.300. The van der Waals surface area contributed by atoms with Gasteiger partial charge in [0.25, 0.3) is 0 Å². The summed E-state index contributed by atoms with van der Waals surface area (Å²) >= 11 is 3.38. The molecule has 6 heteroatoms. The lowest BCUT2D eigenvalue weighted by Crippen LogP contribution is -2.33. The Bertz CT molecular complexity index is 757. The van der Waals surface area contributed by atoms with Crippen LogP contribution >= 0.6 is 15.9 Å². The number of nitrogens with one attached hydrogen (secondary N) is 2. The van der Waals surface area contributed by atoms with Crippen LogP contribution in [0.2, 0.25) is 0 Å². The maximum atomic E-state index is 12.0. The summed E-state index contributed by atoms with van der Waals surface area (Å²) in [5.41, 5.74) is 2.79. The third-order valence-electron chi connectivity index (χ3n) is 3.80. The van der Waals surface area contributed by atoms with E-state index in [2.05, 4.69) is 26.6 Å². The van der Waals surface area contributed by atoms with Gasteiger partial charge >= 0.3 is 0 Å². The van der Waals surface area contributed by atoms with Gasteiger partial charge in [0.2, 0.25) is 11.8 Å². The lowest BCUT2D eigenvalue weighted by molar-refractivity contribution is -0.124. The van der Waals surface area contributed by atoms with Crippen LogP contribution in [0.5, 0.6) is 5.75 Å². The Hall–Kier alpha value is -2.34. The molecule has 5 nitrogen and oxygen atoms in total. The van der Waals surface area contributed by atoms with Gasteiger partial charge in [0.1, 0.15) is 5.75 Å². The molecule has 2 N–H and O–H groups in total.